The van der Waals surface area contributed by atoms with Crippen molar-refractivity contribution in [3.8, 4) is 5.75 Å². The van der Waals surface area contributed by atoms with Gasteiger partial charge in [-0.05, 0) is 67.6 Å². The van der Waals surface area contributed by atoms with Crippen molar-refractivity contribution >= 4 is 11.6 Å². The van der Waals surface area contributed by atoms with E-state index >= 15 is 0 Å². The number of hydrogen-bond donors (Lipinski definition) is 3. The average molecular weight is 425 g/mol. The maximum Gasteiger partial charge on any atom is 0.221 e. The molecule has 1 fully saturated rings. The molecule has 3 N–H and O–H groups in total. The first-order valence-electron chi connectivity index (χ1n) is 11.0. The first kappa shape index (κ1) is 21.8. The Hall–Kier alpha value is -2.41. The highest BCUT2D eigenvalue weighted by Crippen LogP contribution is 2.45. The van der Waals surface area contributed by atoms with Crippen molar-refractivity contribution in [2.24, 2.45) is 0 Å². The van der Waals surface area contributed by atoms with Gasteiger partial charge in [-0.2, -0.15) is 0 Å². The van der Waals surface area contributed by atoms with Crippen LogP contribution in [0.5, 0.6) is 5.75 Å². The zero-order valence-corrected chi connectivity index (χ0v) is 18.5. The van der Waals surface area contributed by atoms with Crippen molar-refractivity contribution in [3.05, 3.63) is 58.7 Å². The molecule has 6 heteroatoms. The molecule has 6 nitrogen and oxygen atoms in total. The van der Waals surface area contributed by atoms with Crippen LogP contribution in [-0.4, -0.2) is 46.3 Å². The number of benzene rings is 2. The number of rotatable bonds is 4. The number of amides is 1. The number of ether oxygens (including phenoxy) is 1. The number of aryl methyl sites for hydroxylation is 2. The minimum atomic E-state index is -0.593. The zero-order chi connectivity index (χ0) is 22.2. The molecule has 1 saturated heterocycles. The number of anilines is 1. The minimum absolute atomic E-state index is 0.112. The Morgan fingerprint density at radius 3 is 2.48 bits per heavy atom. The first-order valence-corrected chi connectivity index (χ1v) is 11.0. The predicted octanol–water partition coefficient (Wildman–Crippen LogP) is 3.65. The molecule has 2 aromatic rings. The number of likely N-dealkylation sites (tertiary alicyclic amines) is 1. The van der Waals surface area contributed by atoms with E-state index in [9.17, 15) is 15.0 Å². The van der Waals surface area contributed by atoms with E-state index in [1.54, 1.807) is 0 Å². The highest BCUT2D eigenvalue weighted by Gasteiger charge is 2.43. The van der Waals surface area contributed by atoms with Gasteiger partial charge in [0, 0.05) is 44.2 Å². The molecule has 0 saturated carbocycles. The fourth-order valence-electron chi connectivity index (χ4n) is 4.69. The molecule has 2 aliphatic rings. The third kappa shape index (κ3) is 4.76. The normalized spacial score (nSPS) is 21.3. The summed E-state index contributed by atoms with van der Waals surface area (Å²) in [7, 11) is 0. The molecular weight excluding hydrogens is 392 g/mol. The van der Waals surface area contributed by atoms with E-state index in [-0.39, 0.29) is 11.5 Å². The number of β-amino-alcohol motifs (C(OH)–C–C–N with tert-alkyl or cyclic N) is 1. The molecule has 2 aromatic carbocycles. The van der Waals surface area contributed by atoms with E-state index in [2.05, 4.69) is 30.1 Å². The number of piperidine rings is 1. The lowest BCUT2D eigenvalue weighted by Crippen LogP contribution is -2.51. The lowest BCUT2D eigenvalue weighted by molar-refractivity contribution is -0.114. The second-order valence-electron chi connectivity index (χ2n) is 9.10. The van der Waals surface area contributed by atoms with Gasteiger partial charge in [-0.1, -0.05) is 12.1 Å². The minimum Gasteiger partial charge on any atom is -0.487 e. The number of hydrogen-bond acceptors (Lipinski definition) is 5. The van der Waals surface area contributed by atoms with Gasteiger partial charge in [-0.3, -0.25) is 4.79 Å². The molecule has 2 unspecified atom stereocenters. The van der Waals surface area contributed by atoms with Gasteiger partial charge in [-0.25, -0.2) is 0 Å². The summed E-state index contributed by atoms with van der Waals surface area (Å²) < 4.78 is 6.47. The Labute approximate surface area is 183 Å². The molecule has 4 rings (SSSR count). The number of nitrogens with one attached hydrogen (secondary N) is 1. The monoisotopic (exact) mass is 424 g/mol. The maximum atomic E-state index is 11.1. The molecule has 0 bridgehead atoms. The van der Waals surface area contributed by atoms with Gasteiger partial charge in [-0.15, -0.1) is 0 Å². The summed E-state index contributed by atoms with van der Waals surface area (Å²) in [4.78, 5) is 13.4. The summed E-state index contributed by atoms with van der Waals surface area (Å²) in [5, 5.41) is 24.2. The number of carbonyl (C=O) groups excluding carboxylic acids is 1. The van der Waals surface area contributed by atoms with E-state index in [0.717, 1.165) is 48.5 Å². The van der Waals surface area contributed by atoms with Crippen molar-refractivity contribution in [2.45, 2.75) is 57.8 Å². The van der Waals surface area contributed by atoms with E-state index in [0.29, 0.717) is 13.0 Å². The second kappa shape index (κ2) is 8.61. The quantitative estimate of drug-likeness (QED) is 0.698. The summed E-state index contributed by atoms with van der Waals surface area (Å²) in [6.45, 7) is 7.78. The third-order valence-electron chi connectivity index (χ3n) is 6.69. The fourth-order valence-corrected chi connectivity index (χ4v) is 4.69. The lowest BCUT2D eigenvalue weighted by Gasteiger charge is -2.46. The molecule has 1 amide bonds. The number of aliphatic hydroxyl groups is 2. The number of nitrogens with zero attached hydrogens (tertiary/aromatic N) is 1. The van der Waals surface area contributed by atoms with Gasteiger partial charge >= 0.3 is 0 Å². The summed E-state index contributed by atoms with van der Waals surface area (Å²) in [5.74, 6) is 0.702. The van der Waals surface area contributed by atoms with Gasteiger partial charge in [0.25, 0.3) is 0 Å². The molecule has 0 radical (unpaired) electrons. The molecule has 1 spiro atoms. The molecule has 166 valence electrons. The molecule has 0 aliphatic carbocycles. The largest absolute Gasteiger partial charge is 0.487 e. The Bertz CT molecular complexity index is 949. The van der Waals surface area contributed by atoms with Gasteiger partial charge in [0.15, 0.2) is 0 Å². The Kier molecular flexibility index (Phi) is 6.06. The predicted molar refractivity (Wildman–Crippen MR) is 120 cm³/mol. The van der Waals surface area contributed by atoms with Crippen LogP contribution in [0.4, 0.5) is 5.69 Å². The number of aliphatic hydroxyl groups excluding tert-OH is 2. The van der Waals surface area contributed by atoms with Gasteiger partial charge in [0.05, 0.1) is 12.2 Å². The highest BCUT2D eigenvalue weighted by atomic mass is 16.5. The Balaban J connectivity index is 1.36. The molecule has 31 heavy (non-hydrogen) atoms. The van der Waals surface area contributed by atoms with Crippen molar-refractivity contribution in [1.82, 2.24) is 4.90 Å². The zero-order valence-electron chi connectivity index (χ0n) is 18.5. The highest BCUT2D eigenvalue weighted by molar-refractivity contribution is 5.88. The third-order valence-corrected chi connectivity index (χ3v) is 6.69. The summed E-state index contributed by atoms with van der Waals surface area (Å²) in [6, 6.07) is 11.4. The van der Waals surface area contributed by atoms with Crippen molar-refractivity contribution < 1.29 is 19.7 Å². The van der Waals surface area contributed by atoms with Crippen LogP contribution >= 0.6 is 0 Å². The lowest BCUT2D eigenvalue weighted by atomic mass is 9.81. The Morgan fingerprint density at radius 1 is 1.19 bits per heavy atom. The van der Waals surface area contributed by atoms with Gasteiger partial charge < -0.3 is 25.2 Å². The van der Waals surface area contributed by atoms with Gasteiger partial charge in [0.1, 0.15) is 11.4 Å². The molecule has 2 atom stereocenters. The maximum absolute atomic E-state index is 11.1. The van der Waals surface area contributed by atoms with Crippen molar-refractivity contribution in [1.29, 1.82) is 0 Å². The van der Waals surface area contributed by atoms with E-state index in [1.165, 1.54) is 18.1 Å². The van der Waals surface area contributed by atoms with E-state index in [1.807, 2.05) is 30.3 Å². The first-order chi connectivity index (χ1) is 14.7. The van der Waals surface area contributed by atoms with Crippen LogP contribution in [0, 0.1) is 13.8 Å². The number of carbonyl (C=O) groups is 1. The van der Waals surface area contributed by atoms with Gasteiger partial charge in [0.2, 0.25) is 5.91 Å². The molecule has 2 aliphatic heterocycles. The van der Waals surface area contributed by atoms with E-state index in [4.69, 9.17) is 4.74 Å². The Morgan fingerprint density at radius 2 is 1.84 bits per heavy atom. The number of fused-ring (bicyclic) bond motifs is 1. The van der Waals surface area contributed by atoms with Crippen LogP contribution < -0.4 is 10.1 Å². The van der Waals surface area contributed by atoms with Crippen LogP contribution in [0.2, 0.25) is 0 Å². The summed E-state index contributed by atoms with van der Waals surface area (Å²) in [6.07, 6.45) is 1.17. The van der Waals surface area contributed by atoms with Crippen LogP contribution in [0.25, 0.3) is 0 Å². The standard InChI is InChI=1S/C25H32N2O4/c1-16-12-21-22(29)14-25(31-24(21)13-17(16)2)8-10-27(11-9-25)15-23(30)19-4-6-20(7-5-19)26-18(3)28/h4-7,12-13,22-23,29-30H,8-11,14-15H2,1-3H3,(H,26,28). The SMILES string of the molecule is CC(=O)Nc1ccc(C(O)CN2CCC3(CC2)CC(O)c2cc(C)c(C)cc2O3)cc1. The van der Waals surface area contributed by atoms with Crippen molar-refractivity contribution in [2.75, 3.05) is 25.0 Å². The van der Waals surface area contributed by atoms with Crippen LogP contribution in [0.3, 0.4) is 0 Å². The molecular formula is C25H32N2O4. The second-order valence-corrected chi connectivity index (χ2v) is 9.10. The summed E-state index contributed by atoms with van der Waals surface area (Å²) in [5.41, 5.74) is 4.46. The van der Waals surface area contributed by atoms with Crippen molar-refractivity contribution in [3.63, 3.8) is 0 Å². The molecule has 2 heterocycles. The van der Waals surface area contributed by atoms with E-state index < -0.39 is 12.2 Å². The van der Waals surface area contributed by atoms with Crippen LogP contribution in [0.15, 0.2) is 36.4 Å². The topological polar surface area (TPSA) is 82.0 Å². The fraction of sp³-hybridized carbons (Fsp3) is 0.480. The smallest absolute Gasteiger partial charge is 0.221 e. The van der Waals surface area contributed by atoms with Crippen LogP contribution in [0.1, 0.15) is 60.6 Å². The summed E-state index contributed by atoms with van der Waals surface area (Å²) >= 11 is 0. The van der Waals surface area contributed by atoms with Crippen LogP contribution in [-0.2, 0) is 4.79 Å². The molecule has 0 aromatic heterocycles. The average Bonchev–Trinajstić information content (AvgIpc) is 2.72.